The Hall–Kier alpha value is -10.6. The SMILES string of the molecule is CN[C@H](Cc1cccc(N)c1)C(=O)N[C@H]1C(=O)N[C@@H](CC(N)=O)C(=O)N[C@H]2C(=O)N[C@H]3C(=O)N[C@H](C(=O)N[C@H](C(=O)O)c4cc(O)cc(O)c4-c4cc3ccc4O)[C@H](O)c3ccc(c(Cl)c3)Oc3cc2cc(c3O)Oc2ccc(cc2Cl)[C@H]1O.O=C(O)C(F)(F)F. The van der Waals surface area contributed by atoms with Gasteiger partial charge in [0.1, 0.15) is 71.2 Å². The fraction of sp³-hybridized carbons (Fsp3) is 0.224. The highest BCUT2D eigenvalue weighted by Crippen LogP contribution is 2.48. The van der Waals surface area contributed by atoms with E-state index in [1.54, 1.807) is 24.3 Å². The molecule has 0 spiro atoms. The van der Waals surface area contributed by atoms with Crippen molar-refractivity contribution in [1.29, 1.82) is 0 Å². The van der Waals surface area contributed by atoms with Gasteiger partial charge in [0.15, 0.2) is 17.5 Å². The van der Waals surface area contributed by atoms with E-state index in [-0.39, 0.29) is 50.2 Å². The molecule has 11 rings (SSSR count). The highest BCUT2D eigenvalue weighted by atomic mass is 35.5. The molecule has 6 aromatic rings. The maximum absolute atomic E-state index is 15.4. The second-order valence-electron chi connectivity index (χ2n) is 20.5. The predicted octanol–water partition coefficient (Wildman–Crippen LogP) is 2.81. The van der Waals surface area contributed by atoms with E-state index in [1.165, 1.54) is 25.2 Å². The van der Waals surface area contributed by atoms with Crippen molar-refractivity contribution < 1.29 is 107 Å². The fourth-order valence-corrected chi connectivity index (χ4v) is 10.3. The largest absolute Gasteiger partial charge is 0.508 e. The molecule has 5 aliphatic rings. The Morgan fingerprint density at radius 3 is 1.78 bits per heavy atom. The van der Waals surface area contributed by atoms with Gasteiger partial charge in [-0.05, 0) is 108 Å². The first kappa shape index (κ1) is 66.4. The molecule has 478 valence electrons. The number of amides is 7. The van der Waals surface area contributed by atoms with Crippen LogP contribution in [0, 0.1) is 0 Å². The van der Waals surface area contributed by atoms with Gasteiger partial charge in [-0.2, -0.15) is 13.2 Å². The number of carboxylic acid groups (broad SMARTS) is 2. The number of alkyl halides is 3. The Balaban J connectivity index is 0.00000144. The number of aliphatic hydroxyl groups excluding tert-OH is 2. The molecule has 33 heteroatoms. The van der Waals surface area contributed by atoms with Gasteiger partial charge in [0.2, 0.25) is 47.1 Å². The highest BCUT2D eigenvalue weighted by molar-refractivity contribution is 6.32. The number of aromatic hydroxyl groups is 4. The maximum atomic E-state index is 15.4. The number of ether oxygens (including phenoxy) is 2. The lowest BCUT2D eigenvalue weighted by Crippen LogP contribution is -2.59. The van der Waals surface area contributed by atoms with Crippen LogP contribution in [0.3, 0.4) is 0 Å². The topological polar surface area (TPSA) is 470 Å². The van der Waals surface area contributed by atoms with Crippen LogP contribution in [0.15, 0.2) is 103 Å². The highest BCUT2D eigenvalue weighted by Gasteiger charge is 2.42. The Morgan fingerprint density at radius 1 is 0.648 bits per heavy atom. The first-order valence-electron chi connectivity index (χ1n) is 26.6. The smallest absolute Gasteiger partial charge is 0.490 e. The van der Waals surface area contributed by atoms with Crippen LogP contribution in [0.25, 0.3) is 11.1 Å². The Kier molecular flexibility index (Phi) is 19.7. The summed E-state index contributed by atoms with van der Waals surface area (Å²) in [4.78, 5) is 123. The molecule has 0 aromatic heterocycles. The number of fused-ring (bicyclic) bond motifs is 15. The molecule has 0 saturated heterocycles. The molecule has 0 aliphatic carbocycles. The summed E-state index contributed by atoms with van der Waals surface area (Å²) in [5.41, 5.74) is 10.2. The van der Waals surface area contributed by atoms with Gasteiger partial charge in [-0.1, -0.05) is 53.5 Å². The number of hydrogen-bond acceptors (Lipinski definition) is 19. The molecule has 28 nitrogen and oxygen atoms in total. The average molecular weight is 1310 g/mol. The van der Waals surface area contributed by atoms with Crippen LogP contribution in [-0.4, -0.2) is 132 Å². The summed E-state index contributed by atoms with van der Waals surface area (Å²) in [6, 6.07) is 6.76. The number of aliphatic hydroxyl groups is 2. The van der Waals surface area contributed by atoms with E-state index in [0.717, 1.165) is 60.7 Å². The number of nitrogens with two attached hydrogens (primary N) is 2. The van der Waals surface area contributed by atoms with Crippen LogP contribution in [0.2, 0.25) is 10.0 Å². The van der Waals surface area contributed by atoms with Gasteiger partial charge in [-0.3, -0.25) is 33.6 Å². The van der Waals surface area contributed by atoms with Crippen molar-refractivity contribution in [2.24, 2.45) is 5.73 Å². The van der Waals surface area contributed by atoms with Gasteiger partial charge < -0.3 is 99.0 Å². The van der Waals surface area contributed by atoms with Crippen molar-refractivity contribution in [3.8, 4) is 57.1 Å². The number of primary amides is 1. The normalized spacial score (nSPS) is 21.0. The van der Waals surface area contributed by atoms with Crippen molar-refractivity contribution in [3.63, 3.8) is 0 Å². The number of likely N-dealkylation sites (N-methyl/N-ethyl adjacent to an activating group) is 1. The summed E-state index contributed by atoms with van der Waals surface area (Å²) in [5.74, 6) is -18.0. The second-order valence-corrected chi connectivity index (χ2v) is 21.3. The molecule has 19 N–H and O–H groups in total. The first-order chi connectivity index (χ1) is 42.8. The van der Waals surface area contributed by atoms with E-state index >= 15 is 9.59 Å². The van der Waals surface area contributed by atoms with Gasteiger partial charge >= 0.3 is 18.1 Å². The van der Waals surface area contributed by atoms with Gasteiger partial charge in [-0.15, -0.1) is 0 Å². The fourth-order valence-electron chi connectivity index (χ4n) is 9.80. The minimum absolute atomic E-state index is 0.0232. The molecule has 6 aromatic carbocycles. The van der Waals surface area contributed by atoms with E-state index in [9.17, 15) is 77.7 Å². The molecule has 0 radical (unpaired) electrons. The number of aliphatic carboxylic acids is 2. The summed E-state index contributed by atoms with van der Waals surface area (Å²) in [6.07, 6.45) is -10.2. The number of carboxylic acids is 2. The van der Waals surface area contributed by atoms with Gasteiger partial charge in [0, 0.05) is 28.4 Å². The number of benzene rings is 6. The van der Waals surface area contributed by atoms with Crippen molar-refractivity contribution in [1.82, 2.24) is 37.2 Å². The number of carbonyl (C=O) groups excluding carboxylic acids is 7. The maximum Gasteiger partial charge on any atom is 0.490 e. The Bertz CT molecular complexity index is 3960. The molecular weight excluding hydrogens is 1250 g/mol. The van der Waals surface area contributed by atoms with E-state index in [4.69, 9.17) is 54.0 Å². The van der Waals surface area contributed by atoms with E-state index < -0.39 is 172 Å². The lowest BCUT2D eigenvalue weighted by atomic mass is 9.89. The number of phenols is 4. The summed E-state index contributed by atoms with van der Waals surface area (Å²) in [7, 11) is 1.46. The van der Waals surface area contributed by atoms with E-state index in [2.05, 4.69) is 37.2 Å². The van der Waals surface area contributed by atoms with Crippen LogP contribution in [0.1, 0.15) is 70.1 Å². The zero-order valence-electron chi connectivity index (χ0n) is 46.5. The standard InChI is InChI=1S/C56H51Cl2N9O17.C2HF3O2/c1-61-32(12-21-3-2-4-26(59)11-21)50(75)66-45-47(72)23-6-9-36(30(57)14-23)83-38-16-25-17-39(49(38)74)84-37-10-7-24(15-31(37)58)48(73)46-55(80)65-44(56(81)82)29-18-27(68)19-35(70)41(29)28-13-22(5-8-34(28)69)42(52(77)67-46)64-53(78)43(25)63-51(76)33(20-40(60)71)62-54(45)79;3-2(4,5)1(6)7/h2-11,13-19,32-33,42-48,61,68-70,72-74H,12,20,59H2,1H3,(H2,60,71)(H,62,79)(H,63,76)(H,64,78)(H,65,80)(H,66,75)(H,67,77)(H,81,82);(H,6,7)/t32-,33+,42-,43-,44+,45-,46+,47-,48-;/m1./s1. The molecule has 0 unspecified atom stereocenters. The van der Waals surface area contributed by atoms with Crippen LogP contribution in [0.4, 0.5) is 18.9 Å². The molecule has 5 heterocycles. The van der Waals surface area contributed by atoms with E-state index in [1.807, 2.05) is 0 Å². The number of halogens is 5. The lowest BCUT2D eigenvalue weighted by Gasteiger charge is -2.31. The summed E-state index contributed by atoms with van der Waals surface area (Å²) in [5, 5.41) is 104. The third kappa shape index (κ3) is 14.9. The summed E-state index contributed by atoms with van der Waals surface area (Å²) in [6.45, 7) is 0. The number of anilines is 1. The molecule has 7 amide bonds. The molecule has 91 heavy (non-hydrogen) atoms. The number of nitrogen functional groups attached to an aromatic ring is 1. The Labute approximate surface area is 519 Å². The van der Waals surface area contributed by atoms with E-state index in [0.29, 0.717) is 11.3 Å². The van der Waals surface area contributed by atoms with Crippen molar-refractivity contribution in [3.05, 3.63) is 147 Å². The van der Waals surface area contributed by atoms with Gasteiger partial charge in [0.25, 0.3) is 0 Å². The number of carbonyl (C=O) groups is 9. The lowest BCUT2D eigenvalue weighted by molar-refractivity contribution is -0.192. The molecule has 9 atom stereocenters. The van der Waals surface area contributed by atoms with Crippen LogP contribution in [-0.2, 0) is 49.6 Å². The summed E-state index contributed by atoms with van der Waals surface area (Å²) < 4.78 is 44.0. The summed E-state index contributed by atoms with van der Waals surface area (Å²) >= 11 is 13.5. The number of rotatable bonds is 8. The predicted molar refractivity (Wildman–Crippen MR) is 309 cm³/mol. The molecule has 0 fully saturated rings. The van der Waals surface area contributed by atoms with Crippen LogP contribution < -0.4 is 58.2 Å². The molecule has 11 bridgehead atoms. The van der Waals surface area contributed by atoms with Gasteiger partial charge in [-0.25, -0.2) is 9.59 Å². The molecule has 5 aliphatic heterocycles. The average Bonchev–Trinajstić information content (AvgIpc) is 0.815. The van der Waals surface area contributed by atoms with Crippen molar-refractivity contribution in [2.45, 2.75) is 73.5 Å². The molecular formula is C58H52Cl2F3N9O19. The minimum atomic E-state index is -5.08. The second kappa shape index (κ2) is 27.0. The molecule has 0 saturated carbocycles. The number of phenolic OH excluding ortho intramolecular Hbond substituents is 4. The number of hydrogen-bond donors (Lipinski definition) is 17. The third-order valence-corrected chi connectivity index (χ3v) is 14.8. The van der Waals surface area contributed by atoms with Crippen LogP contribution >= 0.6 is 23.2 Å². The Morgan fingerprint density at radius 2 is 1.22 bits per heavy atom. The van der Waals surface area contributed by atoms with Gasteiger partial charge in [0.05, 0.1) is 22.5 Å². The van der Waals surface area contributed by atoms with Crippen LogP contribution in [0.5, 0.6) is 46.0 Å². The minimum Gasteiger partial charge on any atom is -0.508 e. The quantitative estimate of drug-likeness (QED) is 0.0974. The number of nitrogens with one attached hydrogen (secondary N) is 7. The van der Waals surface area contributed by atoms with Crippen molar-refractivity contribution in [2.75, 3.05) is 12.8 Å². The monoisotopic (exact) mass is 1310 g/mol. The zero-order valence-corrected chi connectivity index (χ0v) is 48.1. The zero-order chi connectivity index (χ0) is 66.7. The first-order valence-corrected chi connectivity index (χ1v) is 27.3. The van der Waals surface area contributed by atoms with Crippen molar-refractivity contribution >= 4 is 82.2 Å². The third-order valence-electron chi connectivity index (χ3n) is 14.3.